The third kappa shape index (κ3) is 5.74. The zero-order valence-electron chi connectivity index (χ0n) is 21.8. The highest BCUT2D eigenvalue weighted by Crippen LogP contribution is 2.34. The highest BCUT2D eigenvalue weighted by Gasteiger charge is 2.35. The van der Waals surface area contributed by atoms with Crippen LogP contribution in [0.15, 0.2) is 72.8 Å². The predicted octanol–water partition coefficient (Wildman–Crippen LogP) is 5.55. The first kappa shape index (κ1) is 26.5. The number of dihydropyridines is 1. The Morgan fingerprint density at radius 1 is 1.07 bits per heavy atom. The summed E-state index contributed by atoms with van der Waals surface area (Å²) < 4.78 is 46.1. The van der Waals surface area contributed by atoms with Crippen molar-refractivity contribution in [3.63, 3.8) is 0 Å². The maximum absolute atomic E-state index is 14.7. The van der Waals surface area contributed by atoms with Crippen LogP contribution in [-0.2, 0) is 11.4 Å². The fourth-order valence-corrected chi connectivity index (χ4v) is 6.13. The highest BCUT2D eigenvalue weighted by molar-refractivity contribution is 7.93. The number of rotatable bonds is 8. The van der Waals surface area contributed by atoms with Crippen LogP contribution in [0.5, 0.6) is 0 Å². The van der Waals surface area contributed by atoms with Crippen LogP contribution in [0.1, 0.15) is 42.9 Å². The number of halogens is 2. The standard InChI is InChI=1S/C30H30F2N6OS/c31-23-2-5-27(29(32)14-23)20-11-21(13-24(12-20)37-40(39)26-3-4-26)28(15-33)30-6-1-19(16-35-30)22-17-36-38(18-22)25-7-9-34-10-8-25/h1-2,5-6,11-18,25-26,33-35,37H,3-4,7-10H2/b30-28+,33-15?. The first-order valence-electron chi connectivity index (χ1n) is 13.4. The van der Waals surface area contributed by atoms with Gasteiger partial charge in [-0.1, -0.05) is 6.08 Å². The zero-order chi connectivity index (χ0) is 27.6. The molecule has 0 radical (unpaired) electrons. The van der Waals surface area contributed by atoms with E-state index in [1.807, 2.05) is 29.2 Å². The zero-order valence-corrected chi connectivity index (χ0v) is 22.6. The number of aromatic nitrogens is 2. The fraction of sp³-hybridized carbons (Fsp3) is 0.267. The minimum Gasteiger partial charge on any atom is -0.593 e. The molecule has 6 rings (SSSR count). The third-order valence-corrected chi connectivity index (χ3v) is 8.91. The molecule has 1 saturated carbocycles. The third-order valence-electron chi connectivity index (χ3n) is 7.40. The predicted molar refractivity (Wildman–Crippen MR) is 156 cm³/mol. The van der Waals surface area contributed by atoms with E-state index < -0.39 is 23.0 Å². The van der Waals surface area contributed by atoms with Crippen LogP contribution in [0, 0.1) is 17.0 Å². The van der Waals surface area contributed by atoms with Crippen molar-refractivity contribution in [2.75, 3.05) is 17.8 Å². The number of anilines is 1. The molecule has 0 amide bonds. The number of allylic oxidation sites excluding steroid dienone is 4. The molecule has 4 N–H and O–H groups in total. The van der Waals surface area contributed by atoms with Crippen molar-refractivity contribution < 1.29 is 13.3 Å². The molecule has 2 aliphatic heterocycles. The SMILES string of the molecule is N=C/C(=C1/C=CC(c2cnn(C3CCNCC3)c2)=CN1)c1cc(N[S+]([O-])C2CC2)cc(-c2ccc(F)cc2F)c1. The second kappa shape index (κ2) is 11.4. The number of hydrogen-bond acceptors (Lipinski definition) is 6. The average Bonchev–Trinajstić information content (AvgIpc) is 3.71. The molecule has 3 aliphatic rings. The maximum atomic E-state index is 14.7. The number of nitrogens with one attached hydrogen (secondary N) is 4. The van der Waals surface area contributed by atoms with Crippen molar-refractivity contribution in [3.05, 3.63) is 95.6 Å². The Morgan fingerprint density at radius 3 is 2.60 bits per heavy atom. The number of benzene rings is 2. The van der Waals surface area contributed by atoms with Crippen LogP contribution in [-0.4, -0.2) is 38.9 Å². The minimum atomic E-state index is -1.27. The number of nitrogens with zero attached hydrogens (tertiary/aromatic N) is 2. The van der Waals surface area contributed by atoms with Gasteiger partial charge in [0.25, 0.3) is 0 Å². The Morgan fingerprint density at radius 2 is 1.90 bits per heavy atom. The summed E-state index contributed by atoms with van der Waals surface area (Å²) in [6.45, 7) is 1.99. The molecule has 3 heterocycles. The normalized spacial score (nSPS) is 19.5. The molecular weight excluding hydrogens is 530 g/mol. The van der Waals surface area contributed by atoms with Crippen molar-refractivity contribution in [1.29, 1.82) is 5.41 Å². The molecule has 1 aliphatic carbocycles. The van der Waals surface area contributed by atoms with E-state index in [9.17, 15) is 13.3 Å². The molecule has 3 aromatic rings. The summed E-state index contributed by atoms with van der Waals surface area (Å²) >= 11 is -1.27. The van der Waals surface area contributed by atoms with Gasteiger partial charge in [0.1, 0.15) is 16.9 Å². The molecule has 2 aromatic carbocycles. The van der Waals surface area contributed by atoms with Gasteiger partial charge in [0.2, 0.25) is 0 Å². The molecule has 40 heavy (non-hydrogen) atoms. The Balaban J connectivity index is 1.30. The first-order valence-corrected chi connectivity index (χ1v) is 14.6. The molecule has 206 valence electrons. The topological polar surface area (TPSA) is 101 Å². The maximum Gasteiger partial charge on any atom is 0.141 e. The lowest BCUT2D eigenvalue weighted by Gasteiger charge is -2.22. The van der Waals surface area contributed by atoms with Gasteiger partial charge in [0.05, 0.1) is 29.3 Å². The van der Waals surface area contributed by atoms with Gasteiger partial charge in [-0.25, -0.2) is 13.5 Å². The molecule has 1 aromatic heterocycles. The van der Waals surface area contributed by atoms with Crippen LogP contribution in [0.2, 0.25) is 0 Å². The molecule has 7 nitrogen and oxygen atoms in total. The van der Waals surface area contributed by atoms with Gasteiger partial charge in [-0.3, -0.25) is 4.68 Å². The highest BCUT2D eigenvalue weighted by atomic mass is 32.2. The van der Waals surface area contributed by atoms with Crippen molar-refractivity contribution in [2.45, 2.75) is 37.0 Å². The van der Waals surface area contributed by atoms with E-state index in [0.717, 1.165) is 56.0 Å². The molecular formula is C30H30F2N6OS. The van der Waals surface area contributed by atoms with E-state index in [-0.39, 0.29) is 10.8 Å². The second-order valence-corrected chi connectivity index (χ2v) is 11.7. The van der Waals surface area contributed by atoms with E-state index in [2.05, 4.69) is 26.7 Å². The molecule has 1 saturated heterocycles. The minimum absolute atomic E-state index is 0.0980. The van der Waals surface area contributed by atoms with Gasteiger partial charge in [0.15, 0.2) is 0 Å². The molecule has 1 atom stereocenters. The van der Waals surface area contributed by atoms with Crippen LogP contribution in [0.4, 0.5) is 14.5 Å². The van der Waals surface area contributed by atoms with Crippen LogP contribution < -0.4 is 15.4 Å². The van der Waals surface area contributed by atoms with E-state index in [1.165, 1.54) is 18.3 Å². The van der Waals surface area contributed by atoms with E-state index in [1.54, 1.807) is 18.2 Å². The molecule has 1 unspecified atom stereocenters. The number of piperidine rings is 1. The van der Waals surface area contributed by atoms with Crippen molar-refractivity contribution in [1.82, 2.24) is 20.4 Å². The van der Waals surface area contributed by atoms with Crippen molar-refractivity contribution >= 4 is 34.4 Å². The summed E-state index contributed by atoms with van der Waals surface area (Å²) in [5, 5.41) is 19.6. The summed E-state index contributed by atoms with van der Waals surface area (Å²) in [4.78, 5) is 0. The lowest BCUT2D eigenvalue weighted by atomic mass is 9.96. The largest absolute Gasteiger partial charge is 0.593 e. The summed E-state index contributed by atoms with van der Waals surface area (Å²) in [7, 11) is 0. The van der Waals surface area contributed by atoms with Gasteiger partial charge in [0, 0.05) is 65.5 Å². The summed E-state index contributed by atoms with van der Waals surface area (Å²) in [5.74, 6) is -1.35. The quantitative estimate of drug-likeness (QED) is 0.214. The van der Waals surface area contributed by atoms with E-state index in [4.69, 9.17) is 5.41 Å². The number of hydrogen-bond donors (Lipinski definition) is 4. The molecule has 10 heteroatoms. The summed E-state index contributed by atoms with van der Waals surface area (Å²) in [6, 6.07) is 9.10. The van der Waals surface area contributed by atoms with Crippen molar-refractivity contribution in [3.8, 4) is 11.1 Å². The summed E-state index contributed by atoms with van der Waals surface area (Å²) in [6.07, 6.45) is 14.8. The Bertz CT molecular complexity index is 1520. The van der Waals surface area contributed by atoms with E-state index >= 15 is 0 Å². The molecule has 0 spiro atoms. The van der Waals surface area contributed by atoms with Crippen LogP contribution in [0.3, 0.4) is 0 Å². The van der Waals surface area contributed by atoms with Crippen LogP contribution >= 0.6 is 0 Å². The fourth-order valence-electron chi connectivity index (χ4n) is 5.05. The Kier molecular flexibility index (Phi) is 7.55. The van der Waals surface area contributed by atoms with Gasteiger partial charge in [-0.2, -0.15) is 5.10 Å². The summed E-state index contributed by atoms with van der Waals surface area (Å²) in [5.41, 5.74) is 5.12. The lowest BCUT2D eigenvalue weighted by molar-refractivity contribution is 0.343. The smallest absolute Gasteiger partial charge is 0.141 e. The lowest BCUT2D eigenvalue weighted by Crippen LogP contribution is -2.29. The average molecular weight is 561 g/mol. The van der Waals surface area contributed by atoms with Crippen molar-refractivity contribution in [2.24, 2.45) is 0 Å². The second-order valence-electron chi connectivity index (χ2n) is 10.3. The van der Waals surface area contributed by atoms with Gasteiger partial charge in [-0.15, -0.1) is 0 Å². The first-order chi connectivity index (χ1) is 19.5. The van der Waals surface area contributed by atoms with Gasteiger partial charge >= 0.3 is 0 Å². The molecule has 2 fully saturated rings. The molecule has 0 bridgehead atoms. The van der Waals surface area contributed by atoms with E-state index in [0.29, 0.717) is 34.1 Å². The van der Waals surface area contributed by atoms with Gasteiger partial charge < -0.3 is 20.6 Å². The monoisotopic (exact) mass is 560 g/mol. The Labute approximate surface area is 234 Å². The Hall–Kier alpha value is -3.73. The van der Waals surface area contributed by atoms with Gasteiger partial charge in [-0.05, 0) is 73.5 Å². The van der Waals surface area contributed by atoms with Crippen LogP contribution in [0.25, 0.3) is 22.3 Å².